The summed E-state index contributed by atoms with van der Waals surface area (Å²) in [5.41, 5.74) is 0.522. The number of aromatic amines is 1. The zero-order valence-electron chi connectivity index (χ0n) is 6.53. The lowest BCUT2D eigenvalue weighted by Gasteiger charge is -1.99. The predicted octanol–water partition coefficient (Wildman–Crippen LogP) is 1.83. The number of phenolic OH excluding ortho intramolecular Hbond substituents is 1. The van der Waals surface area contributed by atoms with Crippen LogP contribution in [-0.4, -0.2) is 20.3 Å². The second-order valence-corrected chi connectivity index (χ2v) is 2.92. The number of rotatable bonds is 1. The first kappa shape index (κ1) is 8.07. The zero-order valence-corrected chi connectivity index (χ0v) is 7.28. The van der Waals surface area contributed by atoms with Crippen molar-refractivity contribution in [3.05, 3.63) is 29.5 Å². The van der Waals surface area contributed by atoms with Crippen LogP contribution >= 0.6 is 11.6 Å². The molecule has 0 fully saturated rings. The van der Waals surface area contributed by atoms with E-state index in [9.17, 15) is 5.11 Å². The number of aromatic hydroxyl groups is 1. The van der Waals surface area contributed by atoms with E-state index in [0.29, 0.717) is 16.4 Å². The summed E-state index contributed by atoms with van der Waals surface area (Å²) in [7, 11) is 0. The van der Waals surface area contributed by atoms with E-state index >= 15 is 0 Å². The van der Waals surface area contributed by atoms with Crippen LogP contribution in [0.15, 0.2) is 24.5 Å². The number of aromatic nitrogens is 3. The highest BCUT2D eigenvalue weighted by Crippen LogP contribution is 2.28. The number of hydrogen-bond donors (Lipinski definition) is 2. The van der Waals surface area contributed by atoms with Crippen molar-refractivity contribution in [2.75, 3.05) is 0 Å². The van der Waals surface area contributed by atoms with Crippen molar-refractivity contribution >= 4 is 11.6 Å². The third kappa shape index (κ3) is 1.48. The summed E-state index contributed by atoms with van der Waals surface area (Å²) in [5.74, 6) is 0.545. The van der Waals surface area contributed by atoms with Crippen LogP contribution in [0.4, 0.5) is 0 Å². The highest BCUT2D eigenvalue weighted by molar-refractivity contribution is 6.30. The molecule has 0 spiro atoms. The molecule has 1 aromatic carbocycles. The Balaban J connectivity index is 2.57. The van der Waals surface area contributed by atoms with E-state index in [2.05, 4.69) is 15.2 Å². The van der Waals surface area contributed by atoms with Crippen molar-refractivity contribution in [2.45, 2.75) is 0 Å². The van der Waals surface area contributed by atoms with Crippen LogP contribution in [0.5, 0.6) is 5.75 Å². The number of phenols is 1. The molecule has 2 N–H and O–H groups in total. The summed E-state index contributed by atoms with van der Waals surface area (Å²) in [6.07, 6.45) is 1.44. The third-order valence-corrected chi connectivity index (χ3v) is 1.85. The molecular formula is C8H6ClN3O. The van der Waals surface area contributed by atoms with Crippen molar-refractivity contribution in [3.63, 3.8) is 0 Å². The first-order valence-corrected chi connectivity index (χ1v) is 4.00. The molecule has 0 unspecified atom stereocenters. The van der Waals surface area contributed by atoms with Crippen molar-refractivity contribution in [3.8, 4) is 17.1 Å². The van der Waals surface area contributed by atoms with Gasteiger partial charge in [-0.15, -0.1) is 0 Å². The maximum atomic E-state index is 9.45. The van der Waals surface area contributed by atoms with Crippen LogP contribution in [0.2, 0.25) is 5.02 Å². The average Bonchev–Trinajstić information content (AvgIpc) is 2.61. The van der Waals surface area contributed by atoms with E-state index < -0.39 is 0 Å². The van der Waals surface area contributed by atoms with Gasteiger partial charge in [-0.2, -0.15) is 5.10 Å². The van der Waals surface area contributed by atoms with E-state index in [0.717, 1.165) is 0 Å². The molecule has 0 aliphatic carbocycles. The predicted molar refractivity (Wildman–Crippen MR) is 48.5 cm³/mol. The summed E-state index contributed by atoms with van der Waals surface area (Å²) in [6.45, 7) is 0. The molecular weight excluding hydrogens is 190 g/mol. The van der Waals surface area contributed by atoms with Gasteiger partial charge in [-0.3, -0.25) is 5.10 Å². The van der Waals surface area contributed by atoms with Gasteiger partial charge in [0.1, 0.15) is 12.1 Å². The van der Waals surface area contributed by atoms with Gasteiger partial charge in [0, 0.05) is 5.02 Å². The van der Waals surface area contributed by atoms with Gasteiger partial charge in [0.25, 0.3) is 0 Å². The maximum Gasteiger partial charge on any atom is 0.184 e. The lowest BCUT2D eigenvalue weighted by Crippen LogP contribution is -1.81. The molecule has 0 saturated heterocycles. The minimum absolute atomic E-state index is 0.115. The van der Waals surface area contributed by atoms with Crippen molar-refractivity contribution in [1.29, 1.82) is 0 Å². The quantitative estimate of drug-likeness (QED) is 0.730. The molecule has 0 radical (unpaired) electrons. The Kier molecular flexibility index (Phi) is 1.90. The summed E-state index contributed by atoms with van der Waals surface area (Å²) >= 11 is 5.76. The van der Waals surface area contributed by atoms with E-state index in [4.69, 9.17) is 11.6 Å². The summed E-state index contributed by atoms with van der Waals surface area (Å²) in [6, 6.07) is 4.72. The molecule has 1 heterocycles. The number of nitrogens with zero attached hydrogens (tertiary/aromatic N) is 2. The second kappa shape index (κ2) is 3.06. The standard InChI is InChI=1S/C8H6ClN3O/c9-5-1-2-7(13)6(3-5)8-10-4-11-12-8/h1-4,13H,(H,10,11,12). The van der Waals surface area contributed by atoms with Gasteiger partial charge in [0.15, 0.2) is 5.82 Å². The molecule has 0 amide bonds. The fourth-order valence-corrected chi connectivity index (χ4v) is 1.20. The molecule has 13 heavy (non-hydrogen) atoms. The Morgan fingerprint density at radius 2 is 2.23 bits per heavy atom. The molecule has 66 valence electrons. The molecule has 0 aliphatic heterocycles. The summed E-state index contributed by atoms with van der Waals surface area (Å²) in [5, 5.41) is 16.4. The average molecular weight is 196 g/mol. The fraction of sp³-hybridized carbons (Fsp3) is 0. The highest BCUT2D eigenvalue weighted by Gasteiger charge is 2.07. The van der Waals surface area contributed by atoms with Crippen LogP contribution in [0.3, 0.4) is 0 Å². The van der Waals surface area contributed by atoms with Crippen LogP contribution in [0.1, 0.15) is 0 Å². The van der Waals surface area contributed by atoms with Gasteiger partial charge in [0.05, 0.1) is 5.56 Å². The first-order chi connectivity index (χ1) is 6.27. The lowest BCUT2D eigenvalue weighted by molar-refractivity contribution is 0.477. The highest BCUT2D eigenvalue weighted by atomic mass is 35.5. The Bertz CT molecular complexity index is 413. The third-order valence-electron chi connectivity index (χ3n) is 1.61. The normalized spacial score (nSPS) is 10.2. The Labute approximate surface area is 79.2 Å². The Morgan fingerprint density at radius 3 is 2.92 bits per heavy atom. The molecule has 2 aromatic rings. The maximum absolute atomic E-state index is 9.45. The SMILES string of the molecule is Oc1ccc(Cl)cc1-c1nc[nH]n1. The van der Waals surface area contributed by atoms with Crippen LogP contribution in [-0.2, 0) is 0 Å². The Hall–Kier alpha value is -1.55. The smallest absolute Gasteiger partial charge is 0.184 e. The van der Waals surface area contributed by atoms with Gasteiger partial charge in [-0.05, 0) is 18.2 Å². The van der Waals surface area contributed by atoms with Gasteiger partial charge in [-0.25, -0.2) is 4.98 Å². The van der Waals surface area contributed by atoms with Crippen molar-refractivity contribution < 1.29 is 5.11 Å². The monoisotopic (exact) mass is 195 g/mol. The number of nitrogens with one attached hydrogen (secondary N) is 1. The molecule has 1 aromatic heterocycles. The molecule has 0 atom stereocenters. The van der Waals surface area contributed by atoms with E-state index in [1.807, 2.05) is 0 Å². The van der Waals surface area contributed by atoms with E-state index in [-0.39, 0.29) is 5.75 Å². The van der Waals surface area contributed by atoms with Gasteiger partial charge in [-0.1, -0.05) is 11.6 Å². The lowest BCUT2D eigenvalue weighted by atomic mass is 10.2. The van der Waals surface area contributed by atoms with Crippen LogP contribution in [0.25, 0.3) is 11.4 Å². The van der Waals surface area contributed by atoms with Gasteiger partial charge in [0.2, 0.25) is 0 Å². The first-order valence-electron chi connectivity index (χ1n) is 3.62. The number of hydrogen-bond acceptors (Lipinski definition) is 3. The van der Waals surface area contributed by atoms with Gasteiger partial charge < -0.3 is 5.11 Å². The summed E-state index contributed by atoms with van der Waals surface area (Å²) in [4.78, 5) is 3.90. The molecule has 0 bridgehead atoms. The molecule has 0 aliphatic rings. The Morgan fingerprint density at radius 1 is 1.38 bits per heavy atom. The largest absolute Gasteiger partial charge is 0.507 e. The van der Waals surface area contributed by atoms with E-state index in [1.54, 1.807) is 12.1 Å². The molecule has 4 nitrogen and oxygen atoms in total. The molecule has 0 saturated carbocycles. The topological polar surface area (TPSA) is 61.8 Å². The molecule has 5 heteroatoms. The van der Waals surface area contributed by atoms with Gasteiger partial charge >= 0.3 is 0 Å². The minimum Gasteiger partial charge on any atom is -0.507 e. The van der Waals surface area contributed by atoms with Crippen molar-refractivity contribution in [2.24, 2.45) is 0 Å². The number of halogens is 1. The van der Waals surface area contributed by atoms with Crippen molar-refractivity contribution in [1.82, 2.24) is 15.2 Å². The number of benzene rings is 1. The summed E-state index contributed by atoms with van der Waals surface area (Å²) < 4.78 is 0. The zero-order chi connectivity index (χ0) is 9.26. The van der Waals surface area contributed by atoms with Crippen LogP contribution in [0, 0.1) is 0 Å². The molecule has 2 rings (SSSR count). The minimum atomic E-state index is 0.115. The second-order valence-electron chi connectivity index (χ2n) is 2.48. The fourth-order valence-electron chi connectivity index (χ4n) is 1.03. The van der Waals surface area contributed by atoms with E-state index in [1.165, 1.54) is 12.4 Å². The number of H-pyrrole nitrogens is 1. The van der Waals surface area contributed by atoms with Crippen LogP contribution < -0.4 is 0 Å².